The summed E-state index contributed by atoms with van der Waals surface area (Å²) in [5.74, 6) is -0.103. The second kappa shape index (κ2) is 9.30. The number of piperazine rings is 2. The monoisotopic (exact) mass is 363 g/mol. The largest absolute Gasteiger partial charge is 0.369 e. The van der Waals surface area contributed by atoms with Crippen LogP contribution in [-0.4, -0.2) is 87.2 Å². The topological polar surface area (TPSA) is 50.9 Å². The summed E-state index contributed by atoms with van der Waals surface area (Å²) in [6.07, 6.45) is 0. The van der Waals surface area contributed by atoms with Gasteiger partial charge in [-0.05, 0) is 31.2 Å². The third-order valence-electron chi connectivity index (χ3n) is 5.37. The summed E-state index contributed by atoms with van der Waals surface area (Å²) in [6.45, 7) is 11.1. The van der Waals surface area contributed by atoms with Gasteiger partial charge in [0.25, 0.3) is 0 Å². The van der Waals surface area contributed by atoms with Crippen molar-refractivity contribution in [2.75, 3.05) is 70.3 Å². The van der Waals surface area contributed by atoms with Gasteiger partial charge in [0, 0.05) is 71.1 Å². The van der Waals surface area contributed by atoms with Crippen molar-refractivity contribution in [1.29, 1.82) is 0 Å². The Morgan fingerprint density at radius 1 is 1.12 bits per heavy atom. The van der Waals surface area contributed by atoms with Crippen LogP contribution >= 0.6 is 0 Å². The van der Waals surface area contributed by atoms with Crippen molar-refractivity contribution in [3.63, 3.8) is 0 Å². The molecule has 2 aliphatic heterocycles. The Balaban J connectivity index is 1.38. The second-order valence-electron chi connectivity index (χ2n) is 7.06. The number of nitrogens with zero attached hydrogens (tertiary/aromatic N) is 3. The molecule has 26 heavy (non-hydrogen) atoms. The fourth-order valence-corrected chi connectivity index (χ4v) is 3.60. The van der Waals surface area contributed by atoms with Crippen molar-refractivity contribution in [3.8, 4) is 0 Å². The number of nitrogens with one attached hydrogen (secondary N) is 2. The lowest BCUT2D eigenvalue weighted by Gasteiger charge is -2.38. The van der Waals surface area contributed by atoms with E-state index < -0.39 is 0 Å². The van der Waals surface area contributed by atoms with Gasteiger partial charge >= 0.3 is 0 Å². The molecule has 3 rings (SSSR count). The molecule has 0 aliphatic carbocycles. The van der Waals surface area contributed by atoms with Crippen LogP contribution in [0.5, 0.6) is 0 Å². The molecule has 1 unspecified atom stereocenters. The Kier molecular flexibility index (Phi) is 6.82. The van der Waals surface area contributed by atoms with Crippen LogP contribution in [0.1, 0.15) is 6.92 Å². The van der Waals surface area contributed by atoms with E-state index >= 15 is 0 Å². The average Bonchev–Trinajstić information content (AvgIpc) is 2.69. The number of carbonyl (C=O) groups is 1. The average molecular weight is 363 g/mol. The molecular weight excluding hydrogens is 333 g/mol. The Bertz CT molecular complexity index is 568. The van der Waals surface area contributed by atoms with Crippen LogP contribution in [0.3, 0.4) is 0 Å². The van der Waals surface area contributed by atoms with Crippen molar-refractivity contribution in [1.82, 2.24) is 20.4 Å². The lowest BCUT2D eigenvalue weighted by Crippen LogP contribution is -2.54. The Labute approximate surface area is 155 Å². The van der Waals surface area contributed by atoms with Crippen LogP contribution in [0, 0.1) is 5.82 Å². The van der Waals surface area contributed by atoms with E-state index in [9.17, 15) is 9.18 Å². The van der Waals surface area contributed by atoms with Gasteiger partial charge in [-0.25, -0.2) is 4.39 Å². The highest BCUT2D eigenvalue weighted by molar-refractivity contribution is 5.81. The predicted molar refractivity (Wildman–Crippen MR) is 102 cm³/mol. The van der Waals surface area contributed by atoms with Crippen molar-refractivity contribution < 1.29 is 9.18 Å². The third-order valence-corrected chi connectivity index (χ3v) is 5.37. The molecule has 1 aromatic carbocycles. The first kappa shape index (κ1) is 19.1. The van der Waals surface area contributed by atoms with Crippen molar-refractivity contribution in [2.45, 2.75) is 13.0 Å². The second-order valence-corrected chi connectivity index (χ2v) is 7.06. The van der Waals surface area contributed by atoms with Crippen LogP contribution in [-0.2, 0) is 4.79 Å². The maximum Gasteiger partial charge on any atom is 0.237 e. The molecule has 2 saturated heterocycles. The lowest BCUT2D eigenvalue weighted by atomic mass is 10.2. The summed E-state index contributed by atoms with van der Waals surface area (Å²) in [7, 11) is 0. The van der Waals surface area contributed by atoms with Crippen LogP contribution in [0.25, 0.3) is 0 Å². The first-order chi connectivity index (χ1) is 12.6. The fourth-order valence-electron chi connectivity index (χ4n) is 3.60. The number of carbonyl (C=O) groups excluding carboxylic acids is 1. The Hall–Kier alpha value is -1.70. The molecule has 0 aromatic heterocycles. The van der Waals surface area contributed by atoms with Gasteiger partial charge in [0.1, 0.15) is 5.82 Å². The highest BCUT2D eigenvalue weighted by Gasteiger charge is 2.25. The van der Waals surface area contributed by atoms with Gasteiger partial charge in [0.2, 0.25) is 5.91 Å². The fraction of sp³-hybridized carbons (Fsp3) is 0.632. The zero-order chi connectivity index (χ0) is 18.4. The molecule has 6 nitrogen and oxygen atoms in total. The number of benzene rings is 1. The lowest BCUT2D eigenvalue weighted by molar-refractivity contribution is -0.126. The van der Waals surface area contributed by atoms with Crippen LogP contribution in [0.4, 0.5) is 10.1 Å². The van der Waals surface area contributed by atoms with Crippen LogP contribution in [0.15, 0.2) is 24.3 Å². The van der Waals surface area contributed by atoms with Gasteiger partial charge < -0.3 is 15.5 Å². The summed E-state index contributed by atoms with van der Waals surface area (Å²) in [5.41, 5.74) is 1.04. The van der Waals surface area contributed by atoms with Crippen LogP contribution in [0.2, 0.25) is 0 Å². The van der Waals surface area contributed by atoms with E-state index in [1.54, 1.807) is 0 Å². The molecule has 2 aliphatic rings. The molecule has 2 heterocycles. The Morgan fingerprint density at radius 3 is 2.42 bits per heavy atom. The molecule has 2 N–H and O–H groups in total. The highest BCUT2D eigenvalue weighted by atomic mass is 19.1. The first-order valence-electron chi connectivity index (χ1n) is 9.59. The van der Waals surface area contributed by atoms with Gasteiger partial charge in [-0.1, -0.05) is 0 Å². The maximum absolute atomic E-state index is 13.1. The maximum atomic E-state index is 13.1. The number of hydrogen-bond acceptors (Lipinski definition) is 5. The van der Waals surface area contributed by atoms with Gasteiger partial charge in [-0.15, -0.1) is 0 Å². The van der Waals surface area contributed by atoms with Crippen molar-refractivity contribution in [3.05, 3.63) is 30.1 Å². The summed E-state index contributed by atoms with van der Waals surface area (Å²) >= 11 is 0. The summed E-state index contributed by atoms with van der Waals surface area (Å²) in [4.78, 5) is 19.3. The van der Waals surface area contributed by atoms with E-state index in [-0.39, 0.29) is 17.8 Å². The number of rotatable bonds is 6. The molecule has 2 fully saturated rings. The third kappa shape index (κ3) is 5.16. The van der Waals surface area contributed by atoms with Gasteiger partial charge in [-0.2, -0.15) is 0 Å². The molecule has 144 valence electrons. The number of hydrogen-bond donors (Lipinski definition) is 2. The molecule has 1 amide bonds. The minimum Gasteiger partial charge on any atom is -0.369 e. The molecule has 0 radical (unpaired) electrons. The minimum atomic E-state index is -0.210. The van der Waals surface area contributed by atoms with Crippen LogP contribution < -0.4 is 15.5 Å². The van der Waals surface area contributed by atoms with Gasteiger partial charge in [-0.3, -0.25) is 14.6 Å². The van der Waals surface area contributed by atoms with E-state index in [0.717, 1.165) is 64.6 Å². The SMILES string of the molecule is CC(C(=O)NCCN1CCNCC1)N1CCN(c2ccc(F)cc2)CC1. The normalized spacial score (nSPS) is 20.8. The standard InChI is InChI=1S/C19H30FN5O/c1-16(19(26)22-8-11-23-9-6-21-7-10-23)24-12-14-25(15-13-24)18-4-2-17(20)3-5-18/h2-5,16,21H,6-15H2,1H3,(H,22,26). The number of halogens is 1. The zero-order valence-corrected chi connectivity index (χ0v) is 15.6. The number of amides is 1. The molecule has 7 heteroatoms. The van der Waals surface area contributed by atoms with Crippen molar-refractivity contribution in [2.24, 2.45) is 0 Å². The first-order valence-corrected chi connectivity index (χ1v) is 9.59. The van der Waals surface area contributed by atoms with E-state index in [1.807, 2.05) is 19.1 Å². The van der Waals surface area contributed by atoms with E-state index in [4.69, 9.17) is 0 Å². The summed E-state index contributed by atoms with van der Waals surface area (Å²) in [6, 6.07) is 6.51. The van der Waals surface area contributed by atoms with E-state index in [1.165, 1.54) is 12.1 Å². The zero-order valence-electron chi connectivity index (χ0n) is 15.6. The van der Waals surface area contributed by atoms with Gasteiger partial charge in [0.05, 0.1) is 6.04 Å². The molecule has 0 bridgehead atoms. The molecular formula is C19H30FN5O. The molecule has 0 saturated carbocycles. The molecule has 1 aromatic rings. The minimum absolute atomic E-state index is 0.107. The summed E-state index contributed by atoms with van der Waals surface area (Å²) in [5, 5.41) is 6.41. The van der Waals surface area contributed by atoms with Crippen molar-refractivity contribution >= 4 is 11.6 Å². The van der Waals surface area contributed by atoms with Gasteiger partial charge in [0.15, 0.2) is 0 Å². The molecule has 1 atom stereocenters. The highest BCUT2D eigenvalue weighted by Crippen LogP contribution is 2.17. The smallest absolute Gasteiger partial charge is 0.237 e. The Morgan fingerprint density at radius 2 is 1.77 bits per heavy atom. The molecule has 0 spiro atoms. The summed E-state index contributed by atoms with van der Waals surface area (Å²) < 4.78 is 13.1. The predicted octanol–water partition coefficient (Wildman–Crippen LogP) is 0.358. The van der Waals surface area contributed by atoms with E-state index in [0.29, 0.717) is 6.54 Å². The number of anilines is 1. The van der Waals surface area contributed by atoms with E-state index in [2.05, 4.69) is 25.3 Å². The quantitative estimate of drug-likeness (QED) is 0.764.